The van der Waals surface area contributed by atoms with Crippen LogP contribution in [0.15, 0.2) is 42.9 Å². The molecule has 0 fully saturated rings. The molecule has 0 aliphatic rings. The minimum absolute atomic E-state index is 0.113. The number of nitrogens with two attached hydrogens (primary N) is 1. The number of pyridine rings is 3. The molecule has 11 nitrogen and oxygen atoms in total. The van der Waals surface area contributed by atoms with E-state index in [2.05, 4.69) is 20.3 Å². The molecule has 0 spiro atoms. The summed E-state index contributed by atoms with van der Waals surface area (Å²) in [6.45, 7) is 2.22. The van der Waals surface area contributed by atoms with Crippen molar-refractivity contribution in [2.75, 3.05) is 38.9 Å². The zero-order chi connectivity index (χ0) is 25.9. The van der Waals surface area contributed by atoms with Crippen LogP contribution < -0.4 is 25.3 Å². The predicted octanol–water partition coefficient (Wildman–Crippen LogP) is 2.69. The summed E-state index contributed by atoms with van der Waals surface area (Å²) in [5.41, 5.74) is 8.34. The molecule has 0 saturated carbocycles. The van der Waals surface area contributed by atoms with Gasteiger partial charge < -0.3 is 25.3 Å². The third-order valence-electron chi connectivity index (χ3n) is 5.57. The molecule has 1 unspecified atom stereocenters. The summed E-state index contributed by atoms with van der Waals surface area (Å²) in [6.07, 6.45) is 4.93. The molecular formula is C24H27N5O6S. The average molecular weight is 514 g/mol. The third kappa shape index (κ3) is 5.73. The van der Waals surface area contributed by atoms with Gasteiger partial charge in [0.25, 0.3) is 10.1 Å². The van der Waals surface area contributed by atoms with Crippen molar-refractivity contribution in [3.63, 3.8) is 0 Å². The van der Waals surface area contributed by atoms with E-state index < -0.39 is 10.1 Å². The van der Waals surface area contributed by atoms with Crippen LogP contribution in [-0.2, 0) is 10.1 Å². The first-order valence-electron chi connectivity index (χ1n) is 11.1. The summed E-state index contributed by atoms with van der Waals surface area (Å²) in [4.78, 5) is 13.3. The number of nitrogens with one attached hydrogen (secondary N) is 1. The molecule has 0 radical (unpaired) electrons. The molecule has 3 heterocycles. The van der Waals surface area contributed by atoms with Gasteiger partial charge in [0.2, 0.25) is 0 Å². The maximum Gasteiger partial charge on any atom is 0.266 e. The van der Waals surface area contributed by atoms with Crippen molar-refractivity contribution in [3.05, 3.63) is 42.9 Å². The lowest BCUT2D eigenvalue weighted by molar-refractivity contribution is 0.274. The quantitative estimate of drug-likeness (QED) is 0.211. The third-order valence-corrected chi connectivity index (χ3v) is 6.29. The number of aromatic nitrogens is 3. The van der Waals surface area contributed by atoms with Crippen molar-refractivity contribution in [2.45, 2.75) is 13.0 Å². The molecule has 0 saturated heterocycles. The number of rotatable bonds is 10. The van der Waals surface area contributed by atoms with E-state index in [0.29, 0.717) is 39.7 Å². The van der Waals surface area contributed by atoms with E-state index >= 15 is 0 Å². The summed E-state index contributed by atoms with van der Waals surface area (Å²) in [5.74, 6) is 1.63. The van der Waals surface area contributed by atoms with Crippen molar-refractivity contribution < 1.29 is 27.2 Å². The van der Waals surface area contributed by atoms with Crippen LogP contribution in [0.1, 0.15) is 6.92 Å². The van der Waals surface area contributed by atoms with Gasteiger partial charge in [-0.1, -0.05) is 0 Å². The average Bonchev–Trinajstić information content (AvgIpc) is 2.85. The highest BCUT2D eigenvalue weighted by atomic mass is 32.2. The lowest BCUT2D eigenvalue weighted by Crippen LogP contribution is -2.35. The summed E-state index contributed by atoms with van der Waals surface area (Å²) in [5, 5.41) is 5.38. The number of fused-ring (bicyclic) bond motifs is 3. The number of hydrogen-bond acceptors (Lipinski definition) is 10. The van der Waals surface area contributed by atoms with E-state index in [-0.39, 0.29) is 24.9 Å². The van der Waals surface area contributed by atoms with Gasteiger partial charge in [-0.05, 0) is 30.5 Å². The van der Waals surface area contributed by atoms with Crippen LogP contribution in [0.5, 0.6) is 17.2 Å². The Morgan fingerprint density at radius 2 is 1.78 bits per heavy atom. The number of ether oxygens (including phenoxy) is 3. The molecule has 0 aliphatic carbocycles. The van der Waals surface area contributed by atoms with Crippen LogP contribution in [0.25, 0.3) is 32.9 Å². The largest absolute Gasteiger partial charge is 0.493 e. The number of nitrogen functional groups attached to an aromatic ring is 1. The number of anilines is 1. The number of nitrogens with zero attached hydrogens (tertiary/aromatic N) is 3. The number of hydrogen-bond donors (Lipinski definition) is 3. The second-order valence-corrected chi connectivity index (χ2v) is 9.77. The van der Waals surface area contributed by atoms with E-state index in [4.69, 9.17) is 24.5 Å². The molecular weight excluding hydrogens is 486 g/mol. The lowest BCUT2D eigenvalue weighted by atomic mass is 10.0. The molecule has 4 aromatic rings. The van der Waals surface area contributed by atoms with Crippen LogP contribution >= 0.6 is 0 Å². The molecule has 36 heavy (non-hydrogen) atoms. The molecule has 0 amide bonds. The highest BCUT2D eigenvalue weighted by molar-refractivity contribution is 7.85. The Labute approximate surface area is 208 Å². The fourth-order valence-electron chi connectivity index (χ4n) is 3.76. The number of benzene rings is 1. The lowest BCUT2D eigenvalue weighted by Gasteiger charge is -2.15. The summed E-state index contributed by atoms with van der Waals surface area (Å²) >= 11 is 0. The molecule has 4 rings (SSSR count). The van der Waals surface area contributed by atoms with E-state index in [1.54, 1.807) is 38.9 Å². The van der Waals surface area contributed by atoms with E-state index in [0.717, 1.165) is 16.3 Å². The molecule has 190 valence electrons. The van der Waals surface area contributed by atoms with Gasteiger partial charge in [-0.3, -0.25) is 14.5 Å². The van der Waals surface area contributed by atoms with E-state index in [1.165, 1.54) is 0 Å². The first-order valence-corrected chi connectivity index (χ1v) is 12.7. The zero-order valence-electron chi connectivity index (χ0n) is 20.1. The summed E-state index contributed by atoms with van der Waals surface area (Å²) in [6, 6.07) is 7.24. The van der Waals surface area contributed by atoms with Crippen LogP contribution in [0.4, 0.5) is 5.82 Å². The molecule has 1 atom stereocenters. The van der Waals surface area contributed by atoms with Crippen LogP contribution in [0.3, 0.4) is 0 Å². The van der Waals surface area contributed by atoms with Crippen LogP contribution in [0.2, 0.25) is 0 Å². The Hall–Kier alpha value is -3.74. The summed E-state index contributed by atoms with van der Waals surface area (Å²) < 4.78 is 47.2. The molecule has 0 bridgehead atoms. The molecule has 4 N–H and O–H groups in total. The van der Waals surface area contributed by atoms with Crippen molar-refractivity contribution in [1.29, 1.82) is 0 Å². The van der Waals surface area contributed by atoms with E-state index in [1.807, 2.05) is 25.1 Å². The smallest absolute Gasteiger partial charge is 0.266 e. The Kier molecular flexibility index (Phi) is 7.38. The monoisotopic (exact) mass is 513 g/mol. The van der Waals surface area contributed by atoms with Crippen molar-refractivity contribution in [2.24, 2.45) is 0 Å². The Balaban J connectivity index is 1.62. The summed E-state index contributed by atoms with van der Waals surface area (Å²) in [7, 11) is -0.864. The standard InChI is InChI=1S/C24H27N5O6S/c1-14(27-4-5-36(30,31)32)13-35-16-6-15(10-26-11-16)20-7-17-18-8-22(33-2)23(34-3)9-21(18)28-12-19(17)24(25)29-20/h6-12,14,27H,4-5,13H2,1-3H3,(H2,25,29)(H,30,31,32). The van der Waals surface area contributed by atoms with Gasteiger partial charge >= 0.3 is 0 Å². The Morgan fingerprint density at radius 1 is 1.03 bits per heavy atom. The fourth-order valence-corrected chi connectivity index (χ4v) is 4.13. The molecule has 3 aromatic heterocycles. The van der Waals surface area contributed by atoms with Crippen molar-refractivity contribution in [1.82, 2.24) is 20.3 Å². The van der Waals surface area contributed by atoms with Crippen LogP contribution in [-0.4, -0.2) is 67.1 Å². The Bertz CT molecular complexity index is 1510. The highest BCUT2D eigenvalue weighted by Gasteiger charge is 2.14. The molecule has 0 aliphatic heterocycles. The van der Waals surface area contributed by atoms with E-state index in [9.17, 15) is 8.42 Å². The second-order valence-electron chi connectivity index (χ2n) is 8.20. The predicted molar refractivity (Wildman–Crippen MR) is 137 cm³/mol. The molecule has 12 heteroatoms. The minimum Gasteiger partial charge on any atom is -0.493 e. The minimum atomic E-state index is -4.01. The SMILES string of the molecule is COc1cc2ncc3c(N)nc(-c4cncc(OCC(C)NCCS(=O)(=O)O)c4)cc3c2cc1OC. The van der Waals surface area contributed by atoms with Crippen molar-refractivity contribution >= 4 is 37.6 Å². The van der Waals surface area contributed by atoms with Gasteiger partial charge in [-0.25, -0.2) is 4.98 Å². The fraction of sp³-hybridized carbons (Fsp3) is 0.292. The van der Waals surface area contributed by atoms with Crippen molar-refractivity contribution in [3.8, 4) is 28.5 Å². The van der Waals surface area contributed by atoms with Crippen LogP contribution in [0, 0.1) is 0 Å². The first kappa shape index (κ1) is 25.4. The van der Waals surface area contributed by atoms with Gasteiger partial charge in [0.05, 0.1) is 37.4 Å². The number of methoxy groups -OCH3 is 2. The Morgan fingerprint density at radius 3 is 2.50 bits per heavy atom. The van der Waals surface area contributed by atoms with Gasteiger partial charge in [0.15, 0.2) is 11.5 Å². The normalized spacial score (nSPS) is 12.6. The first-order chi connectivity index (χ1) is 17.2. The zero-order valence-corrected chi connectivity index (χ0v) is 20.9. The second kappa shape index (κ2) is 10.5. The van der Waals surface area contributed by atoms with Gasteiger partial charge in [-0.2, -0.15) is 8.42 Å². The van der Waals surface area contributed by atoms with Gasteiger partial charge in [0.1, 0.15) is 18.2 Å². The van der Waals surface area contributed by atoms with Gasteiger partial charge in [-0.15, -0.1) is 0 Å². The maximum atomic E-state index is 10.8. The highest BCUT2D eigenvalue weighted by Crippen LogP contribution is 2.37. The van der Waals surface area contributed by atoms with Gasteiger partial charge in [0, 0.05) is 47.4 Å². The topological polar surface area (TPSA) is 159 Å². The molecule has 1 aromatic carbocycles. The maximum absolute atomic E-state index is 10.8.